The van der Waals surface area contributed by atoms with Crippen LogP contribution in [-0.4, -0.2) is 19.1 Å². The molecule has 0 aliphatic rings. The Balaban J connectivity index is 1.18. The number of hydrogen-bond acceptors (Lipinski definition) is 3. The molecule has 0 aliphatic heterocycles. The Morgan fingerprint density at radius 3 is 1.27 bits per heavy atom. The van der Waals surface area contributed by atoms with Crippen molar-refractivity contribution in [2.75, 3.05) is 0 Å². The van der Waals surface area contributed by atoms with E-state index in [4.69, 9.17) is 9.97 Å². The van der Waals surface area contributed by atoms with Crippen LogP contribution in [0.4, 0.5) is 0 Å². The average Bonchev–Trinajstić information content (AvgIpc) is 3.89. The smallest absolute Gasteiger partial charge is 0.161 e. The first-order valence-electron chi connectivity index (χ1n) is 21.5. The molecule has 9 aromatic carbocycles. The Kier molecular flexibility index (Phi) is 8.81. The maximum atomic E-state index is 10.8. The fourth-order valence-electron chi connectivity index (χ4n) is 9.57. The minimum atomic E-state index is 0.434. The van der Waals surface area contributed by atoms with Gasteiger partial charge in [0.15, 0.2) is 5.82 Å². The molecule has 298 valence electrons. The summed E-state index contributed by atoms with van der Waals surface area (Å²) in [5.41, 5.74) is 14.9. The van der Waals surface area contributed by atoms with Crippen LogP contribution in [0.5, 0.6) is 0 Å². The SMILES string of the molecule is N#Cc1c(-c2ccccc2)nc(-c2cc(-n3c4ccccc4c4cc(-n5c6ccccc6c6ccccc65)ccc43)cc(-c3ccccc3)c2-c2ccccc2)nc1-c1ccccc1. The summed E-state index contributed by atoms with van der Waals surface area (Å²) in [6, 6.07) is 80.9. The summed E-state index contributed by atoms with van der Waals surface area (Å²) >= 11 is 0. The molecule has 0 fully saturated rings. The van der Waals surface area contributed by atoms with E-state index in [0.29, 0.717) is 22.8 Å². The van der Waals surface area contributed by atoms with Crippen molar-refractivity contribution in [3.05, 3.63) is 230 Å². The van der Waals surface area contributed by atoms with Gasteiger partial charge in [0.2, 0.25) is 0 Å². The fraction of sp³-hybridized carbons (Fsp3) is 0. The van der Waals surface area contributed by atoms with Crippen molar-refractivity contribution < 1.29 is 0 Å². The molecule has 0 amide bonds. The topological polar surface area (TPSA) is 59.4 Å². The lowest BCUT2D eigenvalue weighted by Crippen LogP contribution is -2.04. The number of aromatic nitrogens is 4. The first-order chi connectivity index (χ1) is 31.7. The molecule has 0 saturated heterocycles. The van der Waals surface area contributed by atoms with Crippen LogP contribution in [0, 0.1) is 11.3 Å². The van der Waals surface area contributed by atoms with Crippen molar-refractivity contribution in [3.8, 4) is 73.6 Å². The zero-order valence-corrected chi connectivity index (χ0v) is 34.6. The summed E-state index contributed by atoms with van der Waals surface area (Å²) in [5, 5.41) is 15.6. The Hall–Kier alpha value is -8.85. The second kappa shape index (κ2) is 15.3. The van der Waals surface area contributed by atoms with E-state index in [1.54, 1.807) is 0 Å². The fourth-order valence-corrected chi connectivity index (χ4v) is 9.57. The number of nitrogens with zero attached hydrogens (tertiary/aromatic N) is 5. The van der Waals surface area contributed by atoms with Crippen molar-refractivity contribution in [1.82, 2.24) is 19.1 Å². The Morgan fingerprint density at radius 2 is 0.750 bits per heavy atom. The third-order valence-electron chi connectivity index (χ3n) is 12.4. The van der Waals surface area contributed by atoms with Gasteiger partial charge in [-0.2, -0.15) is 5.26 Å². The van der Waals surface area contributed by atoms with Crippen LogP contribution in [-0.2, 0) is 0 Å². The molecule has 64 heavy (non-hydrogen) atoms. The number of fused-ring (bicyclic) bond motifs is 6. The molecule has 0 saturated carbocycles. The highest BCUT2D eigenvalue weighted by Gasteiger charge is 2.25. The molecule has 5 heteroatoms. The molecule has 0 spiro atoms. The van der Waals surface area contributed by atoms with Crippen molar-refractivity contribution in [2.45, 2.75) is 0 Å². The van der Waals surface area contributed by atoms with Crippen LogP contribution in [0.25, 0.3) is 111 Å². The second-order valence-electron chi connectivity index (χ2n) is 16.0. The van der Waals surface area contributed by atoms with Crippen molar-refractivity contribution >= 4 is 43.6 Å². The van der Waals surface area contributed by atoms with E-state index in [1.165, 1.54) is 21.8 Å². The molecular formula is C59H37N5. The first-order valence-corrected chi connectivity index (χ1v) is 21.5. The number of benzene rings is 9. The van der Waals surface area contributed by atoms with E-state index in [2.05, 4.69) is 173 Å². The molecule has 0 N–H and O–H groups in total. The van der Waals surface area contributed by atoms with E-state index >= 15 is 0 Å². The van der Waals surface area contributed by atoms with Crippen LogP contribution in [0.3, 0.4) is 0 Å². The van der Waals surface area contributed by atoms with Crippen molar-refractivity contribution in [1.29, 1.82) is 5.26 Å². The van der Waals surface area contributed by atoms with Crippen LogP contribution >= 0.6 is 0 Å². The monoisotopic (exact) mass is 815 g/mol. The van der Waals surface area contributed by atoms with E-state index < -0.39 is 0 Å². The summed E-state index contributed by atoms with van der Waals surface area (Å²) in [6.07, 6.45) is 0. The highest BCUT2D eigenvalue weighted by Crippen LogP contribution is 2.45. The third-order valence-corrected chi connectivity index (χ3v) is 12.4. The summed E-state index contributed by atoms with van der Waals surface area (Å²) in [6.45, 7) is 0. The van der Waals surface area contributed by atoms with Gasteiger partial charge in [-0.15, -0.1) is 0 Å². The largest absolute Gasteiger partial charge is 0.309 e. The molecule has 0 atom stereocenters. The molecule has 3 heterocycles. The maximum absolute atomic E-state index is 10.8. The molecule has 5 nitrogen and oxygen atoms in total. The minimum Gasteiger partial charge on any atom is -0.309 e. The van der Waals surface area contributed by atoms with Gasteiger partial charge in [-0.1, -0.05) is 176 Å². The van der Waals surface area contributed by atoms with Gasteiger partial charge < -0.3 is 9.13 Å². The van der Waals surface area contributed by atoms with Crippen LogP contribution in [0.2, 0.25) is 0 Å². The van der Waals surface area contributed by atoms with Gasteiger partial charge in [-0.25, -0.2) is 9.97 Å². The van der Waals surface area contributed by atoms with E-state index in [9.17, 15) is 5.26 Å². The lowest BCUT2D eigenvalue weighted by Gasteiger charge is -2.20. The van der Waals surface area contributed by atoms with Gasteiger partial charge in [-0.3, -0.25) is 0 Å². The molecule has 12 rings (SSSR count). The predicted molar refractivity (Wildman–Crippen MR) is 263 cm³/mol. The van der Waals surface area contributed by atoms with Crippen molar-refractivity contribution in [2.24, 2.45) is 0 Å². The van der Waals surface area contributed by atoms with E-state index in [0.717, 1.165) is 72.1 Å². The van der Waals surface area contributed by atoms with Crippen LogP contribution in [0.15, 0.2) is 224 Å². The number of hydrogen-bond donors (Lipinski definition) is 0. The first kappa shape index (κ1) is 37.0. The quantitative estimate of drug-likeness (QED) is 0.161. The summed E-state index contributed by atoms with van der Waals surface area (Å²) < 4.78 is 4.76. The molecule has 3 aromatic heterocycles. The minimum absolute atomic E-state index is 0.434. The lowest BCUT2D eigenvalue weighted by molar-refractivity contribution is 1.15. The van der Waals surface area contributed by atoms with Gasteiger partial charge in [0, 0.05) is 55.2 Å². The second-order valence-corrected chi connectivity index (χ2v) is 16.0. The molecule has 0 aliphatic carbocycles. The average molecular weight is 816 g/mol. The van der Waals surface area contributed by atoms with Crippen LogP contribution < -0.4 is 0 Å². The maximum Gasteiger partial charge on any atom is 0.161 e. The van der Waals surface area contributed by atoms with Gasteiger partial charge in [-0.05, 0) is 65.2 Å². The predicted octanol–water partition coefficient (Wildman–Crippen LogP) is 14.9. The summed E-state index contributed by atoms with van der Waals surface area (Å²) in [4.78, 5) is 10.8. The molecule has 0 radical (unpaired) electrons. The van der Waals surface area contributed by atoms with E-state index in [1.807, 2.05) is 66.7 Å². The highest BCUT2D eigenvalue weighted by atomic mass is 15.0. The zero-order valence-electron chi connectivity index (χ0n) is 34.6. The van der Waals surface area contributed by atoms with Gasteiger partial charge in [0.1, 0.15) is 11.6 Å². The zero-order chi connectivity index (χ0) is 42.6. The molecule has 12 aromatic rings. The standard InChI is InChI=1S/C59H37N5/c60-38-51-57(41-23-9-3-10-24-41)61-59(62-58(51)42-25-11-4-12-26-42)50-37-44(36-48(39-19-5-1-6-20-39)56(50)40-21-7-2-8-22-40)64-54-32-18-15-29-47(54)49-35-43(33-34-55(49)64)63-52-30-16-13-27-45(52)46-28-14-17-31-53(46)63/h1-37H. The third kappa shape index (κ3) is 6.00. The highest BCUT2D eigenvalue weighted by molar-refractivity contribution is 6.12. The number of para-hydroxylation sites is 3. The Bertz CT molecular complexity index is 3650. The van der Waals surface area contributed by atoms with Crippen molar-refractivity contribution in [3.63, 3.8) is 0 Å². The van der Waals surface area contributed by atoms with Gasteiger partial charge >= 0.3 is 0 Å². The van der Waals surface area contributed by atoms with Gasteiger partial charge in [0.25, 0.3) is 0 Å². The normalized spacial score (nSPS) is 11.4. The number of nitriles is 1. The van der Waals surface area contributed by atoms with E-state index in [-0.39, 0.29) is 0 Å². The Morgan fingerprint density at radius 1 is 0.344 bits per heavy atom. The van der Waals surface area contributed by atoms with Gasteiger partial charge in [0.05, 0.1) is 33.5 Å². The van der Waals surface area contributed by atoms with Crippen LogP contribution in [0.1, 0.15) is 5.56 Å². The molecule has 0 unspecified atom stereocenters. The molecular weight excluding hydrogens is 779 g/mol. The summed E-state index contributed by atoms with van der Waals surface area (Å²) in [7, 11) is 0. The summed E-state index contributed by atoms with van der Waals surface area (Å²) in [5.74, 6) is 0.531. The lowest BCUT2D eigenvalue weighted by atomic mass is 9.89. The Labute approximate surface area is 370 Å². The molecule has 0 bridgehead atoms. The number of rotatable bonds is 7.